The van der Waals surface area contributed by atoms with Crippen LogP contribution in [0.4, 0.5) is 11.4 Å². The number of carbonyl (C=O) groups excluding carboxylic acids is 2. The lowest BCUT2D eigenvalue weighted by molar-refractivity contribution is -0.121. The number of ether oxygens (including phenoxy) is 3. The average molecular weight is 447 g/mol. The molecule has 4 rings (SSSR count). The second kappa shape index (κ2) is 10.5. The fourth-order valence-electron chi connectivity index (χ4n) is 3.42. The second-order valence-electron chi connectivity index (χ2n) is 7.64. The van der Waals surface area contributed by atoms with Crippen molar-refractivity contribution in [2.45, 2.75) is 13.3 Å². The molecule has 0 aliphatic carbocycles. The summed E-state index contributed by atoms with van der Waals surface area (Å²) < 4.78 is 16.9. The van der Waals surface area contributed by atoms with Gasteiger partial charge in [0.05, 0.1) is 25.3 Å². The van der Waals surface area contributed by atoms with Crippen LogP contribution in [0, 0.1) is 6.92 Å². The van der Waals surface area contributed by atoms with Crippen LogP contribution in [-0.4, -0.2) is 38.2 Å². The molecule has 33 heavy (non-hydrogen) atoms. The van der Waals surface area contributed by atoms with E-state index < -0.39 is 0 Å². The first kappa shape index (κ1) is 22.2. The lowest BCUT2D eigenvalue weighted by Crippen LogP contribution is -2.41. The maximum absolute atomic E-state index is 12.5. The number of rotatable bonds is 9. The summed E-state index contributed by atoms with van der Waals surface area (Å²) in [5, 5.41) is 2.86. The fraction of sp³-hybridized carbons (Fsp3) is 0.231. The maximum atomic E-state index is 12.5. The molecule has 1 aliphatic heterocycles. The van der Waals surface area contributed by atoms with Crippen molar-refractivity contribution in [3.63, 3.8) is 0 Å². The molecule has 170 valence electrons. The Kier molecular flexibility index (Phi) is 7.09. The van der Waals surface area contributed by atoms with Crippen molar-refractivity contribution in [2.24, 2.45) is 0 Å². The zero-order chi connectivity index (χ0) is 23.0. The van der Waals surface area contributed by atoms with Gasteiger partial charge in [-0.2, -0.15) is 0 Å². The first-order valence-corrected chi connectivity index (χ1v) is 10.8. The highest BCUT2D eigenvalue weighted by molar-refractivity contribution is 5.99. The van der Waals surface area contributed by atoms with Crippen molar-refractivity contribution in [3.8, 4) is 17.2 Å². The molecule has 1 heterocycles. The molecule has 3 aromatic carbocycles. The number of benzene rings is 3. The van der Waals surface area contributed by atoms with Gasteiger partial charge >= 0.3 is 0 Å². The van der Waals surface area contributed by atoms with E-state index in [-0.39, 0.29) is 31.4 Å². The van der Waals surface area contributed by atoms with Gasteiger partial charge < -0.3 is 24.4 Å². The van der Waals surface area contributed by atoms with Crippen molar-refractivity contribution >= 4 is 23.2 Å². The van der Waals surface area contributed by atoms with Gasteiger partial charge in [0.1, 0.15) is 23.9 Å². The summed E-state index contributed by atoms with van der Waals surface area (Å²) in [4.78, 5) is 26.5. The first-order valence-electron chi connectivity index (χ1n) is 10.8. The molecular formula is C26H26N2O5. The topological polar surface area (TPSA) is 77.1 Å². The van der Waals surface area contributed by atoms with E-state index in [1.165, 1.54) is 0 Å². The molecule has 1 aliphatic rings. The van der Waals surface area contributed by atoms with E-state index in [9.17, 15) is 9.59 Å². The van der Waals surface area contributed by atoms with Crippen LogP contribution in [0.1, 0.15) is 12.0 Å². The SMILES string of the molecule is Cc1ccc(OCCN2C(=O)COc3ccc(NC(=O)CCOc4ccccc4)cc32)cc1. The van der Waals surface area contributed by atoms with Crippen LogP contribution >= 0.6 is 0 Å². The van der Waals surface area contributed by atoms with Gasteiger partial charge in [-0.05, 0) is 49.4 Å². The molecule has 0 saturated carbocycles. The van der Waals surface area contributed by atoms with Crippen molar-refractivity contribution < 1.29 is 23.8 Å². The summed E-state index contributed by atoms with van der Waals surface area (Å²) in [6.07, 6.45) is 0.204. The van der Waals surface area contributed by atoms with Crippen LogP contribution in [-0.2, 0) is 9.59 Å². The smallest absolute Gasteiger partial charge is 0.265 e. The normalized spacial score (nSPS) is 12.5. The zero-order valence-electron chi connectivity index (χ0n) is 18.5. The van der Waals surface area contributed by atoms with Gasteiger partial charge in [-0.15, -0.1) is 0 Å². The highest BCUT2D eigenvalue weighted by atomic mass is 16.5. The van der Waals surface area contributed by atoms with E-state index >= 15 is 0 Å². The number of carbonyl (C=O) groups is 2. The lowest BCUT2D eigenvalue weighted by atomic mass is 10.2. The highest BCUT2D eigenvalue weighted by Crippen LogP contribution is 2.34. The zero-order valence-corrected chi connectivity index (χ0v) is 18.5. The number of fused-ring (bicyclic) bond motifs is 1. The van der Waals surface area contributed by atoms with E-state index in [0.29, 0.717) is 30.3 Å². The summed E-state index contributed by atoms with van der Waals surface area (Å²) in [6.45, 7) is 2.96. The van der Waals surface area contributed by atoms with Crippen LogP contribution in [0.3, 0.4) is 0 Å². The average Bonchev–Trinajstić information content (AvgIpc) is 2.82. The molecule has 3 aromatic rings. The molecule has 0 atom stereocenters. The van der Waals surface area contributed by atoms with Gasteiger partial charge in [0.15, 0.2) is 6.61 Å². The lowest BCUT2D eigenvalue weighted by Gasteiger charge is -2.29. The van der Waals surface area contributed by atoms with E-state index in [0.717, 1.165) is 17.1 Å². The third-order valence-corrected chi connectivity index (χ3v) is 5.13. The molecule has 7 heteroatoms. The predicted octanol–water partition coefficient (Wildman–Crippen LogP) is 4.21. The number of aryl methyl sites for hydroxylation is 1. The minimum absolute atomic E-state index is 0.0277. The summed E-state index contributed by atoms with van der Waals surface area (Å²) in [5.41, 5.74) is 2.35. The van der Waals surface area contributed by atoms with Gasteiger partial charge in [-0.1, -0.05) is 35.9 Å². The Hall–Kier alpha value is -4.00. The fourth-order valence-corrected chi connectivity index (χ4v) is 3.42. The van der Waals surface area contributed by atoms with Gasteiger partial charge in [0.2, 0.25) is 5.91 Å². The summed E-state index contributed by atoms with van der Waals surface area (Å²) >= 11 is 0. The molecule has 0 bridgehead atoms. The number of anilines is 2. The van der Waals surface area contributed by atoms with Crippen LogP contribution in [0.15, 0.2) is 72.8 Å². The van der Waals surface area contributed by atoms with Gasteiger partial charge in [0, 0.05) is 5.69 Å². The molecule has 1 N–H and O–H groups in total. The first-order chi connectivity index (χ1) is 16.1. The third kappa shape index (κ3) is 6.04. The van der Waals surface area contributed by atoms with Crippen molar-refractivity contribution in [3.05, 3.63) is 78.4 Å². The summed E-state index contributed by atoms with van der Waals surface area (Å²) in [6, 6.07) is 22.4. The van der Waals surface area contributed by atoms with Crippen LogP contribution in [0.25, 0.3) is 0 Å². The standard InChI is InChI=1S/C26H26N2O5/c1-19-7-10-22(11-8-19)32-16-14-28-23-17-20(9-12-24(23)33-18-26(28)30)27-25(29)13-15-31-21-5-3-2-4-6-21/h2-12,17H,13-16,18H2,1H3,(H,27,29). The van der Waals surface area contributed by atoms with E-state index in [1.807, 2.05) is 61.5 Å². The molecule has 0 spiro atoms. The Bertz CT molecular complexity index is 1100. The van der Waals surface area contributed by atoms with Crippen LogP contribution in [0.5, 0.6) is 17.2 Å². The quantitative estimate of drug-likeness (QED) is 0.533. The Labute approximate surface area is 192 Å². The minimum atomic E-state index is -0.178. The maximum Gasteiger partial charge on any atom is 0.265 e. The number of hydrogen-bond acceptors (Lipinski definition) is 5. The molecule has 0 saturated heterocycles. The van der Waals surface area contributed by atoms with Crippen molar-refractivity contribution in [1.29, 1.82) is 0 Å². The molecular weight excluding hydrogens is 420 g/mol. The van der Waals surface area contributed by atoms with Gasteiger partial charge in [0.25, 0.3) is 5.91 Å². The molecule has 0 aromatic heterocycles. The van der Waals surface area contributed by atoms with Gasteiger partial charge in [-0.3, -0.25) is 9.59 Å². The Morgan fingerprint density at radius 3 is 2.48 bits per heavy atom. The van der Waals surface area contributed by atoms with Crippen LogP contribution in [0.2, 0.25) is 0 Å². The summed E-state index contributed by atoms with van der Waals surface area (Å²) in [7, 11) is 0. The molecule has 0 unspecified atom stereocenters. The Morgan fingerprint density at radius 1 is 0.970 bits per heavy atom. The van der Waals surface area contributed by atoms with Crippen LogP contribution < -0.4 is 24.4 Å². The Balaban J connectivity index is 1.34. The predicted molar refractivity (Wildman–Crippen MR) is 126 cm³/mol. The molecule has 2 amide bonds. The third-order valence-electron chi connectivity index (χ3n) is 5.13. The number of nitrogens with zero attached hydrogens (tertiary/aromatic N) is 1. The van der Waals surface area contributed by atoms with E-state index in [1.54, 1.807) is 23.1 Å². The second-order valence-corrected chi connectivity index (χ2v) is 7.64. The van der Waals surface area contributed by atoms with E-state index in [4.69, 9.17) is 14.2 Å². The minimum Gasteiger partial charge on any atom is -0.493 e. The van der Waals surface area contributed by atoms with Crippen molar-refractivity contribution in [1.82, 2.24) is 0 Å². The number of hydrogen-bond donors (Lipinski definition) is 1. The summed E-state index contributed by atoms with van der Waals surface area (Å²) in [5.74, 6) is 1.73. The molecule has 0 radical (unpaired) electrons. The molecule has 0 fully saturated rings. The van der Waals surface area contributed by atoms with Gasteiger partial charge in [-0.25, -0.2) is 0 Å². The number of para-hydroxylation sites is 1. The largest absolute Gasteiger partial charge is 0.493 e. The monoisotopic (exact) mass is 446 g/mol. The number of amides is 2. The Morgan fingerprint density at radius 2 is 1.70 bits per heavy atom. The van der Waals surface area contributed by atoms with Crippen molar-refractivity contribution in [2.75, 3.05) is 36.6 Å². The highest BCUT2D eigenvalue weighted by Gasteiger charge is 2.26. The number of nitrogens with one attached hydrogen (secondary N) is 1. The molecule has 7 nitrogen and oxygen atoms in total. The van der Waals surface area contributed by atoms with E-state index in [2.05, 4.69) is 5.32 Å².